The van der Waals surface area contributed by atoms with Crippen LogP contribution >= 0.6 is 0 Å². The lowest BCUT2D eigenvalue weighted by Crippen LogP contribution is -2.42. The maximum Gasteiger partial charge on any atom is 0.513 e. The molecule has 3 rings (SSSR count). The van der Waals surface area contributed by atoms with Gasteiger partial charge in [-0.2, -0.15) is 0 Å². The summed E-state index contributed by atoms with van der Waals surface area (Å²) in [6.07, 6.45) is 0.856. The van der Waals surface area contributed by atoms with Gasteiger partial charge in [0, 0.05) is 25.2 Å². The van der Waals surface area contributed by atoms with E-state index in [4.69, 9.17) is 14.2 Å². The fourth-order valence-corrected chi connectivity index (χ4v) is 3.85. The molecule has 8 nitrogen and oxygen atoms in total. The summed E-state index contributed by atoms with van der Waals surface area (Å²) in [5.74, 6) is 1.14. The number of amides is 2. The highest BCUT2D eigenvalue weighted by Gasteiger charge is 2.24. The van der Waals surface area contributed by atoms with Crippen molar-refractivity contribution in [3.8, 4) is 11.5 Å². The Morgan fingerprint density at radius 2 is 1.74 bits per heavy atom. The molecule has 0 aliphatic carbocycles. The van der Waals surface area contributed by atoms with Gasteiger partial charge in [0.25, 0.3) is 11.8 Å². The van der Waals surface area contributed by atoms with Gasteiger partial charge in [-0.25, -0.2) is 4.79 Å². The number of piperidine rings is 1. The summed E-state index contributed by atoms with van der Waals surface area (Å²) >= 11 is 0. The number of nitrogens with zero attached hydrogens (tertiary/aromatic N) is 1. The molecular weight excluding hydrogens is 436 g/mol. The first-order valence-corrected chi connectivity index (χ1v) is 11.6. The van der Waals surface area contributed by atoms with E-state index < -0.39 is 6.16 Å². The first-order chi connectivity index (χ1) is 16.4. The fourth-order valence-electron chi connectivity index (χ4n) is 3.85. The smallest absolute Gasteiger partial charge is 0.484 e. The summed E-state index contributed by atoms with van der Waals surface area (Å²) in [6.45, 7) is 7.70. The molecule has 2 aromatic rings. The Balaban J connectivity index is 1.38. The van der Waals surface area contributed by atoms with Gasteiger partial charge in [-0.3, -0.25) is 9.59 Å². The Labute approximate surface area is 200 Å². The van der Waals surface area contributed by atoms with Gasteiger partial charge in [-0.1, -0.05) is 17.7 Å². The van der Waals surface area contributed by atoms with Gasteiger partial charge < -0.3 is 24.4 Å². The molecule has 0 saturated carbocycles. The Morgan fingerprint density at radius 3 is 2.38 bits per heavy atom. The molecule has 0 spiro atoms. The summed E-state index contributed by atoms with van der Waals surface area (Å²) in [4.78, 5) is 38.2. The first kappa shape index (κ1) is 25.1. The second-order valence-corrected chi connectivity index (χ2v) is 8.41. The topological polar surface area (TPSA) is 94.2 Å². The third-order valence-electron chi connectivity index (χ3n) is 5.74. The molecule has 0 atom stereocenters. The van der Waals surface area contributed by atoms with E-state index in [1.54, 1.807) is 31.2 Å². The molecule has 1 N–H and O–H groups in total. The van der Waals surface area contributed by atoms with Crippen LogP contribution in [0.1, 0.15) is 41.3 Å². The molecule has 1 aliphatic heterocycles. The molecule has 1 fully saturated rings. The number of nitrogens with one attached hydrogen (secondary N) is 1. The van der Waals surface area contributed by atoms with Crippen molar-refractivity contribution in [2.45, 2.75) is 33.6 Å². The zero-order valence-electron chi connectivity index (χ0n) is 20.0. The fraction of sp³-hybridized carbons (Fsp3) is 0.423. The standard InChI is InChI=1S/C26H32N2O6/c1-4-32-26(31)34-22-8-6-21(7-9-22)25(30)28-13-11-20(12-14-28)16-27-24(29)17-33-23-10-5-18(2)15-19(23)3/h5-10,15,20H,4,11-14,16-17H2,1-3H3,(H,27,29). The monoisotopic (exact) mass is 468 g/mol. The normalized spacial score (nSPS) is 13.8. The van der Waals surface area contributed by atoms with E-state index in [1.807, 2.05) is 36.9 Å². The average Bonchev–Trinajstić information content (AvgIpc) is 2.83. The quantitative estimate of drug-likeness (QED) is 0.467. The van der Waals surface area contributed by atoms with Crippen LogP contribution in [0.25, 0.3) is 0 Å². The molecule has 34 heavy (non-hydrogen) atoms. The lowest BCUT2D eigenvalue weighted by atomic mass is 9.96. The van der Waals surface area contributed by atoms with E-state index in [0.29, 0.717) is 42.6 Å². The molecule has 1 aliphatic rings. The SMILES string of the molecule is CCOC(=O)Oc1ccc(C(=O)N2CCC(CNC(=O)COc3ccc(C)cc3C)CC2)cc1. The predicted octanol–water partition coefficient (Wildman–Crippen LogP) is 3.89. The third kappa shape index (κ3) is 7.23. The van der Waals surface area contributed by atoms with Crippen molar-refractivity contribution in [2.24, 2.45) is 5.92 Å². The number of carbonyl (C=O) groups is 3. The molecule has 0 unspecified atom stereocenters. The Kier molecular flexibility index (Phi) is 8.90. The van der Waals surface area contributed by atoms with Crippen LogP contribution < -0.4 is 14.8 Å². The zero-order chi connectivity index (χ0) is 24.5. The predicted molar refractivity (Wildman–Crippen MR) is 127 cm³/mol. The Hall–Kier alpha value is -3.55. The van der Waals surface area contributed by atoms with Crippen LogP contribution in [-0.2, 0) is 9.53 Å². The summed E-state index contributed by atoms with van der Waals surface area (Å²) < 4.78 is 15.4. The molecule has 2 aromatic carbocycles. The van der Waals surface area contributed by atoms with Crippen LogP contribution in [0.4, 0.5) is 4.79 Å². The van der Waals surface area contributed by atoms with Gasteiger partial charge in [0.2, 0.25) is 0 Å². The van der Waals surface area contributed by atoms with Crippen LogP contribution in [-0.4, -0.2) is 55.7 Å². The van der Waals surface area contributed by atoms with Crippen molar-refractivity contribution in [3.05, 3.63) is 59.2 Å². The largest absolute Gasteiger partial charge is 0.513 e. The number of hydrogen-bond acceptors (Lipinski definition) is 6. The van der Waals surface area contributed by atoms with Crippen LogP contribution in [0.15, 0.2) is 42.5 Å². The first-order valence-electron chi connectivity index (χ1n) is 11.6. The van der Waals surface area contributed by atoms with E-state index in [1.165, 1.54) is 0 Å². The molecule has 0 aromatic heterocycles. The van der Waals surface area contributed by atoms with Gasteiger partial charge in [0.15, 0.2) is 6.61 Å². The third-order valence-corrected chi connectivity index (χ3v) is 5.74. The van der Waals surface area contributed by atoms with Crippen molar-refractivity contribution in [3.63, 3.8) is 0 Å². The van der Waals surface area contributed by atoms with E-state index in [9.17, 15) is 14.4 Å². The van der Waals surface area contributed by atoms with Crippen LogP contribution in [0.5, 0.6) is 11.5 Å². The molecule has 0 bridgehead atoms. The van der Waals surface area contributed by atoms with Crippen molar-refractivity contribution in [1.29, 1.82) is 0 Å². The van der Waals surface area contributed by atoms with Crippen molar-refractivity contribution in [2.75, 3.05) is 32.8 Å². The highest BCUT2D eigenvalue weighted by atomic mass is 16.7. The number of benzene rings is 2. The van der Waals surface area contributed by atoms with Crippen molar-refractivity contribution >= 4 is 18.0 Å². The van der Waals surface area contributed by atoms with Gasteiger partial charge in [-0.05, 0) is 75.4 Å². The highest BCUT2D eigenvalue weighted by molar-refractivity contribution is 5.94. The van der Waals surface area contributed by atoms with Crippen molar-refractivity contribution < 1.29 is 28.6 Å². The van der Waals surface area contributed by atoms with Gasteiger partial charge in [0.05, 0.1) is 6.61 Å². The Bertz CT molecular complexity index is 997. The average molecular weight is 469 g/mol. The summed E-state index contributed by atoms with van der Waals surface area (Å²) in [5, 5.41) is 2.94. The Morgan fingerprint density at radius 1 is 1.03 bits per heavy atom. The molecule has 1 heterocycles. The van der Waals surface area contributed by atoms with Crippen LogP contribution in [0.3, 0.4) is 0 Å². The number of ether oxygens (including phenoxy) is 3. The minimum absolute atomic E-state index is 0.0168. The lowest BCUT2D eigenvalue weighted by molar-refractivity contribution is -0.123. The van der Waals surface area contributed by atoms with E-state index in [0.717, 1.165) is 24.0 Å². The van der Waals surface area contributed by atoms with Gasteiger partial charge in [0.1, 0.15) is 11.5 Å². The maximum absolute atomic E-state index is 12.8. The molecule has 1 saturated heterocycles. The van der Waals surface area contributed by atoms with E-state index in [2.05, 4.69) is 5.32 Å². The highest BCUT2D eigenvalue weighted by Crippen LogP contribution is 2.21. The van der Waals surface area contributed by atoms with Crippen LogP contribution in [0.2, 0.25) is 0 Å². The summed E-state index contributed by atoms with van der Waals surface area (Å²) in [5.41, 5.74) is 2.69. The number of likely N-dealkylation sites (tertiary alicyclic amines) is 1. The van der Waals surface area contributed by atoms with Gasteiger partial charge in [-0.15, -0.1) is 0 Å². The molecule has 2 amide bonds. The lowest BCUT2D eigenvalue weighted by Gasteiger charge is -2.32. The molecule has 8 heteroatoms. The maximum atomic E-state index is 12.8. The second-order valence-electron chi connectivity index (χ2n) is 8.41. The van der Waals surface area contributed by atoms with Crippen molar-refractivity contribution in [1.82, 2.24) is 10.2 Å². The van der Waals surface area contributed by atoms with Crippen LogP contribution in [0, 0.1) is 19.8 Å². The second kappa shape index (κ2) is 12.1. The summed E-state index contributed by atoms with van der Waals surface area (Å²) in [7, 11) is 0. The molecular formula is C26H32N2O6. The number of rotatable bonds is 8. The van der Waals surface area contributed by atoms with Gasteiger partial charge >= 0.3 is 6.16 Å². The molecule has 182 valence electrons. The zero-order valence-corrected chi connectivity index (χ0v) is 20.0. The number of aryl methyl sites for hydroxylation is 2. The minimum atomic E-state index is -0.771. The van der Waals surface area contributed by atoms with E-state index >= 15 is 0 Å². The summed E-state index contributed by atoms with van der Waals surface area (Å²) in [6, 6.07) is 12.3. The minimum Gasteiger partial charge on any atom is -0.484 e. The van der Waals surface area contributed by atoms with E-state index in [-0.39, 0.29) is 25.0 Å². The number of carbonyl (C=O) groups excluding carboxylic acids is 3. The molecule has 0 radical (unpaired) electrons. The number of hydrogen-bond donors (Lipinski definition) is 1.